The number of nitrogens with one attached hydrogen (secondary N) is 1. The number of hydrogen-bond acceptors (Lipinski definition) is 4. The second-order valence-corrected chi connectivity index (χ2v) is 5.20. The highest BCUT2D eigenvalue weighted by Gasteiger charge is 2.30. The fourth-order valence-corrected chi connectivity index (χ4v) is 3.03. The molecule has 1 aliphatic heterocycles. The molecular weight excluding hydrogens is 280 g/mol. The van der Waals surface area contributed by atoms with Gasteiger partial charge in [-0.3, -0.25) is 10.1 Å². The van der Waals surface area contributed by atoms with Crippen LogP contribution in [0.15, 0.2) is 42.7 Å². The van der Waals surface area contributed by atoms with Crippen molar-refractivity contribution in [3.63, 3.8) is 0 Å². The molecule has 1 aromatic heterocycles. The van der Waals surface area contributed by atoms with Crippen molar-refractivity contribution < 1.29 is 9.53 Å². The Hall–Kier alpha value is -2.89. The standard InChI is InChI=1S/C16H14N4O2/c1-22-13-7-6-10-4-2-3-5-11(10)15(13)12-8-14(21)19-16-17-9-18-20(12)16/h2-7,9,12H,8H2,1H3,(H,17,18,19,21)/t12-/m0/s1. The third-order valence-electron chi connectivity index (χ3n) is 3.98. The lowest BCUT2D eigenvalue weighted by Crippen LogP contribution is -2.29. The van der Waals surface area contributed by atoms with E-state index >= 15 is 0 Å². The highest BCUT2D eigenvalue weighted by molar-refractivity contribution is 5.93. The molecule has 0 bridgehead atoms. The second kappa shape index (κ2) is 4.84. The molecular formula is C16H14N4O2. The van der Waals surface area contributed by atoms with Crippen molar-refractivity contribution in [3.05, 3.63) is 48.3 Å². The maximum Gasteiger partial charge on any atom is 0.229 e. The highest BCUT2D eigenvalue weighted by Crippen LogP contribution is 2.38. The Morgan fingerprint density at radius 2 is 2.14 bits per heavy atom. The summed E-state index contributed by atoms with van der Waals surface area (Å²) in [7, 11) is 1.64. The summed E-state index contributed by atoms with van der Waals surface area (Å²) in [5, 5.41) is 9.16. The van der Waals surface area contributed by atoms with Crippen molar-refractivity contribution in [2.45, 2.75) is 12.5 Å². The molecule has 2 heterocycles. The molecule has 0 saturated heterocycles. The minimum Gasteiger partial charge on any atom is -0.496 e. The van der Waals surface area contributed by atoms with E-state index in [9.17, 15) is 4.79 Å². The van der Waals surface area contributed by atoms with Crippen molar-refractivity contribution in [2.24, 2.45) is 0 Å². The van der Waals surface area contributed by atoms with Gasteiger partial charge in [-0.05, 0) is 16.8 Å². The largest absolute Gasteiger partial charge is 0.496 e. The molecule has 0 spiro atoms. The van der Waals surface area contributed by atoms with Gasteiger partial charge < -0.3 is 4.74 Å². The molecule has 110 valence electrons. The van der Waals surface area contributed by atoms with Gasteiger partial charge in [0.05, 0.1) is 19.6 Å². The van der Waals surface area contributed by atoms with Gasteiger partial charge in [0.2, 0.25) is 11.9 Å². The number of nitrogens with zero attached hydrogens (tertiary/aromatic N) is 3. The van der Waals surface area contributed by atoms with Crippen molar-refractivity contribution in [3.8, 4) is 5.75 Å². The predicted octanol–water partition coefficient (Wildman–Crippen LogP) is 2.37. The normalized spacial score (nSPS) is 17.1. The summed E-state index contributed by atoms with van der Waals surface area (Å²) >= 11 is 0. The van der Waals surface area contributed by atoms with Crippen LogP contribution >= 0.6 is 0 Å². The zero-order chi connectivity index (χ0) is 15.1. The van der Waals surface area contributed by atoms with E-state index in [1.165, 1.54) is 6.33 Å². The van der Waals surface area contributed by atoms with Crippen molar-refractivity contribution in [1.29, 1.82) is 0 Å². The number of rotatable bonds is 2. The lowest BCUT2D eigenvalue weighted by Gasteiger charge is -2.26. The molecule has 2 aromatic carbocycles. The van der Waals surface area contributed by atoms with E-state index in [1.54, 1.807) is 11.8 Å². The third kappa shape index (κ3) is 1.84. The summed E-state index contributed by atoms with van der Waals surface area (Å²) in [6, 6.07) is 11.8. The SMILES string of the molecule is COc1ccc2ccccc2c1[C@@H]1CC(=O)Nc2ncnn21. The summed E-state index contributed by atoms with van der Waals surface area (Å²) in [5.74, 6) is 1.15. The molecule has 22 heavy (non-hydrogen) atoms. The van der Waals surface area contributed by atoms with Crippen LogP contribution in [0.5, 0.6) is 5.75 Å². The fourth-order valence-electron chi connectivity index (χ4n) is 3.03. The van der Waals surface area contributed by atoms with Crippen LogP contribution in [0.25, 0.3) is 10.8 Å². The van der Waals surface area contributed by atoms with E-state index < -0.39 is 0 Å². The smallest absolute Gasteiger partial charge is 0.229 e. The zero-order valence-electron chi connectivity index (χ0n) is 12.0. The molecule has 0 fully saturated rings. The summed E-state index contributed by atoms with van der Waals surface area (Å²) in [5.41, 5.74) is 0.960. The number of aromatic nitrogens is 3. The van der Waals surface area contributed by atoms with E-state index in [1.807, 2.05) is 36.4 Å². The predicted molar refractivity (Wildman–Crippen MR) is 81.9 cm³/mol. The first-order valence-corrected chi connectivity index (χ1v) is 7.03. The topological polar surface area (TPSA) is 69.0 Å². The van der Waals surface area contributed by atoms with Crippen LogP contribution in [0.2, 0.25) is 0 Å². The molecule has 1 atom stereocenters. The summed E-state index contributed by atoms with van der Waals surface area (Å²) in [6.07, 6.45) is 1.76. The van der Waals surface area contributed by atoms with Gasteiger partial charge in [-0.15, -0.1) is 0 Å². The van der Waals surface area contributed by atoms with Gasteiger partial charge >= 0.3 is 0 Å². The first-order valence-electron chi connectivity index (χ1n) is 7.03. The number of carbonyl (C=O) groups is 1. The van der Waals surface area contributed by atoms with Crippen LogP contribution in [0.3, 0.4) is 0 Å². The highest BCUT2D eigenvalue weighted by atomic mass is 16.5. The monoisotopic (exact) mass is 294 g/mol. The lowest BCUT2D eigenvalue weighted by atomic mass is 9.94. The molecule has 1 aliphatic rings. The van der Waals surface area contributed by atoms with Gasteiger partial charge in [0.15, 0.2) is 0 Å². The molecule has 4 rings (SSSR count). The van der Waals surface area contributed by atoms with Gasteiger partial charge in [0.1, 0.15) is 12.1 Å². The Morgan fingerprint density at radius 1 is 1.27 bits per heavy atom. The number of amides is 1. The third-order valence-corrected chi connectivity index (χ3v) is 3.98. The van der Waals surface area contributed by atoms with Gasteiger partial charge in [0, 0.05) is 5.56 Å². The molecule has 0 radical (unpaired) electrons. The second-order valence-electron chi connectivity index (χ2n) is 5.20. The Labute approximate surface area is 126 Å². The first kappa shape index (κ1) is 12.8. The number of ether oxygens (including phenoxy) is 1. The number of carbonyl (C=O) groups excluding carboxylic acids is 1. The van der Waals surface area contributed by atoms with Crippen molar-refractivity contribution >= 4 is 22.6 Å². The van der Waals surface area contributed by atoms with Crippen LogP contribution in [0.1, 0.15) is 18.0 Å². The Bertz CT molecular complexity index is 871. The maximum atomic E-state index is 12.0. The van der Waals surface area contributed by atoms with Crippen molar-refractivity contribution in [1.82, 2.24) is 14.8 Å². The molecule has 0 unspecified atom stereocenters. The average Bonchev–Trinajstić information content (AvgIpc) is 3.01. The molecule has 6 heteroatoms. The van der Waals surface area contributed by atoms with Crippen LogP contribution in [0.4, 0.5) is 5.95 Å². The minimum atomic E-state index is -0.229. The number of hydrogen-bond donors (Lipinski definition) is 1. The number of anilines is 1. The van der Waals surface area contributed by atoms with Gasteiger partial charge in [0.25, 0.3) is 0 Å². The van der Waals surface area contributed by atoms with E-state index in [-0.39, 0.29) is 11.9 Å². The summed E-state index contributed by atoms with van der Waals surface area (Å²) in [6.45, 7) is 0. The van der Waals surface area contributed by atoms with Crippen LogP contribution < -0.4 is 10.1 Å². The Balaban J connectivity index is 2.00. The van der Waals surface area contributed by atoms with Gasteiger partial charge in [-0.25, -0.2) is 4.68 Å². The van der Waals surface area contributed by atoms with Crippen LogP contribution in [0, 0.1) is 0 Å². The van der Waals surface area contributed by atoms with Gasteiger partial charge in [-0.1, -0.05) is 30.3 Å². The summed E-state index contributed by atoms with van der Waals surface area (Å²) in [4.78, 5) is 16.1. The number of benzene rings is 2. The Morgan fingerprint density at radius 3 is 3.00 bits per heavy atom. The number of methoxy groups -OCH3 is 1. The van der Waals surface area contributed by atoms with Crippen LogP contribution in [-0.4, -0.2) is 27.8 Å². The summed E-state index contributed by atoms with van der Waals surface area (Å²) < 4.78 is 7.28. The maximum absolute atomic E-state index is 12.0. The molecule has 3 aromatic rings. The minimum absolute atomic E-state index is 0.0690. The Kier molecular flexibility index (Phi) is 2.82. The molecule has 0 saturated carbocycles. The molecule has 0 aliphatic carbocycles. The van der Waals surface area contributed by atoms with E-state index in [4.69, 9.17) is 4.74 Å². The molecule has 1 amide bonds. The molecule has 1 N–H and O–H groups in total. The van der Waals surface area contributed by atoms with E-state index in [0.29, 0.717) is 12.4 Å². The van der Waals surface area contributed by atoms with Gasteiger partial charge in [-0.2, -0.15) is 10.1 Å². The van der Waals surface area contributed by atoms with E-state index in [2.05, 4.69) is 15.4 Å². The quantitative estimate of drug-likeness (QED) is 0.788. The lowest BCUT2D eigenvalue weighted by molar-refractivity contribution is -0.117. The average molecular weight is 294 g/mol. The van der Waals surface area contributed by atoms with Crippen LogP contribution in [-0.2, 0) is 4.79 Å². The fraction of sp³-hybridized carbons (Fsp3) is 0.188. The molecule has 6 nitrogen and oxygen atoms in total. The zero-order valence-corrected chi connectivity index (χ0v) is 12.0. The van der Waals surface area contributed by atoms with E-state index in [0.717, 1.165) is 22.1 Å². The van der Waals surface area contributed by atoms with Crippen molar-refractivity contribution in [2.75, 3.05) is 12.4 Å². The first-order chi connectivity index (χ1) is 10.8. The number of fused-ring (bicyclic) bond motifs is 2.